The van der Waals surface area contributed by atoms with E-state index in [2.05, 4.69) is 93.6 Å². The van der Waals surface area contributed by atoms with Gasteiger partial charge in [-0.05, 0) is 88.4 Å². The van der Waals surface area contributed by atoms with Crippen molar-refractivity contribution in [3.8, 4) is 0 Å². The molecule has 4 aliphatic carbocycles. The molecule has 0 radical (unpaired) electrons. The van der Waals surface area contributed by atoms with Gasteiger partial charge in [-0.25, -0.2) is 0 Å². The van der Waals surface area contributed by atoms with Crippen molar-refractivity contribution in [1.82, 2.24) is 0 Å². The Morgan fingerprint density at radius 3 is 2.03 bits per heavy atom. The minimum atomic E-state index is 0.353. The fourth-order valence-electron chi connectivity index (χ4n) is 8.35. The topological polar surface area (TPSA) is 0 Å². The van der Waals surface area contributed by atoms with E-state index in [0.717, 1.165) is 23.7 Å². The van der Waals surface area contributed by atoms with Crippen LogP contribution in [0.3, 0.4) is 0 Å². The molecular weight excluding hydrogens is 360 g/mol. The van der Waals surface area contributed by atoms with E-state index >= 15 is 0 Å². The van der Waals surface area contributed by atoms with Gasteiger partial charge in [-0.2, -0.15) is 0 Å². The Bertz CT molecular complexity index is 1020. The minimum Gasteiger partial charge on any atom is -0.0799 e. The van der Waals surface area contributed by atoms with Crippen LogP contribution < -0.4 is 0 Å². The SMILES string of the molecule is CC1CC2c3ccccc3C=CC2C1C(C)(C)C1CCC2c3ccccc3C=CC21. The highest BCUT2D eigenvalue weighted by molar-refractivity contribution is 5.60. The van der Waals surface area contributed by atoms with Crippen molar-refractivity contribution in [1.29, 1.82) is 0 Å². The Morgan fingerprint density at radius 2 is 1.33 bits per heavy atom. The molecular formula is C30H34. The highest BCUT2D eigenvalue weighted by Gasteiger charge is 2.54. The molecule has 0 N–H and O–H groups in total. The van der Waals surface area contributed by atoms with Gasteiger partial charge in [0, 0.05) is 0 Å². The average Bonchev–Trinajstić information content (AvgIpc) is 3.35. The Balaban J connectivity index is 1.34. The molecule has 4 aliphatic rings. The maximum Gasteiger partial charge on any atom is -0.00874 e. The van der Waals surface area contributed by atoms with Gasteiger partial charge >= 0.3 is 0 Å². The highest BCUT2D eigenvalue weighted by atomic mass is 14.6. The summed E-state index contributed by atoms with van der Waals surface area (Å²) in [6.45, 7) is 7.78. The van der Waals surface area contributed by atoms with Crippen molar-refractivity contribution in [3.05, 3.63) is 82.9 Å². The van der Waals surface area contributed by atoms with Crippen LogP contribution in [0.1, 0.15) is 74.1 Å². The summed E-state index contributed by atoms with van der Waals surface area (Å²) in [6, 6.07) is 18.2. The molecule has 2 aromatic carbocycles. The largest absolute Gasteiger partial charge is 0.0799 e. The van der Waals surface area contributed by atoms with Crippen molar-refractivity contribution in [2.75, 3.05) is 0 Å². The first-order valence-corrected chi connectivity index (χ1v) is 12.1. The highest BCUT2D eigenvalue weighted by Crippen LogP contribution is 2.63. The van der Waals surface area contributed by atoms with Gasteiger partial charge in [0.2, 0.25) is 0 Å². The summed E-state index contributed by atoms with van der Waals surface area (Å²) in [6.07, 6.45) is 14.1. The first-order chi connectivity index (χ1) is 14.6. The van der Waals surface area contributed by atoms with Crippen molar-refractivity contribution < 1.29 is 0 Å². The number of fused-ring (bicyclic) bond motifs is 6. The molecule has 0 heteroatoms. The van der Waals surface area contributed by atoms with E-state index in [9.17, 15) is 0 Å². The zero-order valence-corrected chi connectivity index (χ0v) is 18.6. The molecule has 0 spiro atoms. The molecule has 154 valence electrons. The molecule has 0 nitrogen and oxygen atoms in total. The van der Waals surface area contributed by atoms with E-state index in [-0.39, 0.29) is 0 Å². The average molecular weight is 395 g/mol. The molecule has 7 atom stereocenters. The van der Waals surface area contributed by atoms with Crippen LogP contribution in [-0.4, -0.2) is 0 Å². The van der Waals surface area contributed by atoms with Gasteiger partial charge in [0.1, 0.15) is 0 Å². The molecule has 2 saturated carbocycles. The zero-order chi connectivity index (χ0) is 20.5. The van der Waals surface area contributed by atoms with Crippen LogP contribution >= 0.6 is 0 Å². The van der Waals surface area contributed by atoms with E-state index in [0.29, 0.717) is 23.2 Å². The molecule has 2 aromatic rings. The number of benzene rings is 2. The maximum absolute atomic E-state index is 2.62. The summed E-state index contributed by atoms with van der Waals surface area (Å²) in [5.41, 5.74) is 6.47. The van der Waals surface area contributed by atoms with Crippen molar-refractivity contribution in [2.45, 2.75) is 51.9 Å². The van der Waals surface area contributed by atoms with Gasteiger partial charge in [0.05, 0.1) is 0 Å². The molecule has 2 fully saturated rings. The Hall–Kier alpha value is -2.08. The van der Waals surface area contributed by atoms with Crippen LogP contribution in [0.4, 0.5) is 0 Å². The van der Waals surface area contributed by atoms with Crippen LogP contribution in [0.25, 0.3) is 12.2 Å². The van der Waals surface area contributed by atoms with E-state index in [1.54, 1.807) is 11.1 Å². The molecule has 0 saturated heterocycles. The predicted molar refractivity (Wildman–Crippen MR) is 127 cm³/mol. The van der Waals surface area contributed by atoms with Crippen LogP contribution in [-0.2, 0) is 0 Å². The molecule has 30 heavy (non-hydrogen) atoms. The lowest BCUT2D eigenvalue weighted by molar-refractivity contribution is 0.0542. The fourth-order valence-corrected chi connectivity index (χ4v) is 8.35. The number of rotatable bonds is 2. The monoisotopic (exact) mass is 394 g/mol. The minimum absolute atomic E-state index is 0.353. The molecule has 0 aliphatic heterocycles. The van der Waals surface area contributed by atoms with Crippen LogP contribution in [0.2, 0.25) is 0 Å². The van der Waals surface area contributed by atoms with Gasteiger partial charge in [0.15, 0.2) is 0 Å². The first-order valence-electron chi connectivity index (χ1n) is 12.1. The second-order valence-electron chi connectivity index (χ2n) is 11.1. The quantitative estimate of drug-likeness (QED) is 0.485. The van der Waals surface area contributed by atoms with Gasteiger partial charge in [-0.1, -0.05) is 93.6 Å². The number of hydrogen-bond acceptors (Lipinski definition) is 0. The molecule has 0 heterocycles. The van der Waals surface area contributed by atoms with Crippen molar-refractivity contribution >= 4 is 12.2 Å². The second-order valence-corrected chi connectivity index (χ2v) is 11.1. The normalized spacial score (nSPS) is 36.2. The fraction of sp³-hybridized carbons (Fsp3) is 0.467. The van der Waals surface area contributed by atoms with Crippen LogP contribution in [0.5, 0.6) is 0 Å². The van der Waals surface area contributed by atoms with Crippen LogP contribution in [0, 0.1) is 35.0 Å². The lowest BCUT2D eigenvalue weighted by atomic mass is 9.58. The summed E-state index contributed by atoms with van der Waals surface area (Å²) in [4.78, 5) is 0. The summed E-state index contributed by atoms with van der Waals surface area (Å²) in [5.74, 6) is 5.18. The standard InChI is InChI=1S/C30H34/c1-19-18-27-23-11-7-5-9-21(23)13-15-26(27)29(19)30(2,3)28-17-16-24-22-10-6-4-8-20(22)12-14-25(24)28/h4-15,19,24-29H,16-18H2,1-3H3. The molecule has 0 amide bonds. The number of allylic oxidation sites excluding steroid dienone is 2. The lowest BCUT2D eigenvalue weighted by Crippen LogP contribution is -2.40. The summed E-state index contributed by atoms with van der Waals surface area (Å²) in [5, 5.41) is 0. The Morgan fingerprint density at radius 1 is 0.733 bits per heavy atom. The van der Waals surface area contributed by atoms with E-state index < -0.39 is 0 Å². The second kappa shape index (κ2) is 6.71. The zero-order valence-electron chi connectivity index (χ0n) is 18.6. The molecule has 0 aromatic heterocycles. The predicted octanol–water partition coefficient (Wildman–Crippen LogP) is 7.93. The molecule has 0 bridgehead atoms. The van der Waals surface area contributed by atoms with E-state index in [4.69, 9.17) is 0 Å². The summed E-state index contributed by atoms with van der Waals surface area (Å²) >= 11 is 0. The third kappa shape index (κ3) is 2.58. The van der Waals surface area contributed by atoms with Crippen molar-refractivity contribution in [3.63, 3.8) is 0 Å². The smallest absolute Gasteiger partial charge is 0.00874 e. The number of hydrogen-bond donors (Lipinski definition) is 0. The van der Waals surface area contributed by atoms with Gasteiger partial charge in [-0.3, -0.25) is 0 Å². The van der Waals surface area contributed by atoms with Gasteiger partial charge in [-0.15, -0.1) is 0 Å². The third-order valence-electron chi connectivity index (χ3n) is 9.44. The summed E-state index contributed by atoms with van der Waals surface area (Å²) < 4.78 is 0. The van der Waals surface area contributed by atoms with Gasteiger partial charge < -0.3 is 0 Å². The lowest BCUT2D eigenvalue weighted by Gasteiger charge is -2.46. The molecule has 7 unspecified atom stereocenters. The van der Waals surface area contributed by atoms with E-state index in [1.165, 1.54) is 30.4 Å². The molecule has 6 rings (SSSR count). The Labute approximate surface area is 182 Å². The maximum atomic E-state index is 2.62. The van der Waals surface area contributed by atoms with Crippen LogP contribution in [0.15, 0.2) is 60.7 Å². The van der Waals surface area contributed by atoms with Crippen molar-refractivity contribution in [2.24, 2.45) is 35.0 Å². The van der Waals surface area contributed by atoms with Gasteiger partial charge in [0.25, 0.3) is 0 Å². The third-order valence-corrected chi connectivity index (χ3v) is 9.44. The summed E-state index contributed by atoms with van der Waals surface area (Å²) in [7, 11) is 0. The van der Waals surface area contributed by atoms with E-state index in [1.807, 2.05) is 0 Å². The first kappa shape index (κ1) is 18.7. The Kier molecular flexibility index (Phi) is 4.18.